The lowest BCUT2D eigenvalue weighted by Crippen LogP contribution is -2.16. The summed E-state index contributed by atoms with van der Waals surface area (Å²) >= 11 is 0. The van der Waals surface area contributed by atoms with Crippen molar-refractivity contribution in [1.82, 2.24) is 4.90 Å². The Balaban J connectivity index is 2.61. The Morgan fingerprint density at radius 3 is 2.71 bits per heavy atom. The summed E-state index contributed by atoms with van der Waals surface area (Å²) in [6.07, 6.45) is 0.956. The van der Waals surface area contributed by atoms with E-state index in [4.69, 9.17) is 0 Å². The van der Waals surface area contributed by atoms with Crippen molar-refractivity contribution in [3.8, 4) is 0 Å². The van der Waals surface area contributed by atoms with E-state index >= 15 is 0 Å². The summed E-state index contributed by atoms with van der Waals surface area (Å²) in [4.78, 5) is 12.6. The molecule has 0 spiro atoms. The molecule has 0 unspecified atom stereocenters. The van der Waals surface area contributed by atoms with Crippen LogP contribution in [0.25, 0.3) is 0 Å². The van der Waals surface area contributed by atoms with Crippen molar-refractivity contribution in [3.05, 3.63) is 33.9 Å². The Labute approximate surface area is 102 Å². The Kier molecular flexibility index (Phi) is 4.90. The topological polar surface area (TPSA) is 58.4 Å². The van der Waals surface area contributed by atoms with Crippen molar-refractivity contribution >= 4 is 11.4 Å². The van der Waals surface area contributed by atoms with E-state index in [1.807, 2.05) is 27.1 Å². The highest BCUT2D eigenvalue weighted by Crippen LogP contribution is 2.24. The number of benzene rings is 1. The van der Waals surface area contributed by atoms with E-state index in [0.29, 0.717) is 5.69 Å². The van der Waals surface area contributed by atoms with Crippen molar-refractivity contribution in [3.63, 3.8) is 0 Å². The highest BCUT2D eigenvalue weighted by atomic mass is 16.6. The first-order valence-electron chi connectivity index (χ1n) is 5.64. The maximum Gasteiger partial charge on any atom is 0.292 e. The Hall–Kier alpha value is -1.62. The number of nitrogens with zero attached hydrogens (tertiary/aromatic N) is 2. The SMILES string of the molecule is Cc1ccc(NCCCN(C)C)c([N+](=O)[O-])c1. The van der Waals surface area contributed by atoms with E-state index in [2.05, 4.69) is 10.2 Å². The van der Waals surface area contributed by atoms with Gasteiger partial charge in [0.25, 0.3) is 5.69 Å². The van der Waals surface area contributed by atoms with Gasteiger partial charge in [-0.1, -0.05) is 6.07 Å². The molecule has 0 aromatic heterocycles. The van der Waals surface area contributed by atoms with Crippen LogP contribution in [-0.4, -0.2) is 37.0 Å². The van der Waals surface area contributed by atoms with Gasteiger partial charge in [-0.05, 0) is 45.6 Å². The fourth-order valence-electron chi connectivity index (χ4n) is 1.56. The van der Waals surface area contributed by atoms with Crippen molar-refractivity contribution in [2.75, 3.05) is 32.5 Å². The molecule has 1 rings (SSSR count). The van der Waals surface area contributed by atoms with Gasteiger partial charge >= 0.3 is 0 Å². The van der Waals surface area contributed by atoms with Crippen LogP contribution >= 0.6 is 0 Å². The fourth-order valence-corrected chi connectivity index (χ4v) is 1.56. The van der Waals surface area contributed by atoms with Gasteiger partial charge in [-0.3, -0.25) is 10.1 Å². The number of anilines is 1. The van der Waals surface area contributed by atoms with Crippen LogP contribution in [0.3, 0.4) is 0 Å². The number of aryl methyl sites for hydroxylation is 1. The van der Waals surface area contributed by atoms with Gasteiger partial charge < -0.3 is 10.2 Å². The summed E-state index contributed by atoms with van der Waals surface area (Å²) in [6, 6.07) is 5.23. The lowest BCUT2D eigenvalue weighted by atomic mass is 10.2. The zero-order valence-corrected chi connectivity index (χ0v) is 10.6. The van der Waals surface area contributed by atoms with E-state index in [1.165, 1.54) is 0 Å². The third kappa shape index (κ3) is 4.40. The van der Waals surface area contributed by atoms with Crippen LogP contribution < -0.4 is 5.32 Å². The van der Waals surface area contributed by atoms with Gasteiger partial charge in [-0.2, -0.15) is 0 Å². The first-order valence-corrected chi connectivity index (χ1v) is 5.64. The first-order chi connectivity index (χ1) is 8.00. The molecule has 0 radical (unpaired) electrons. The molecule has 0 aliphatic rings. The summed E-state index contributed by atoms with van der Waals surface area (Å²) < 4.78 is 0. The lowest BCUT2D eigenvalue weighted by molar-refractivity contribution is -0.384. The summed E-state index contributed by atoms with van der Waals surface area (Å²) in [7, 11) is 4.02. The van der Waals surface area contributed by atoms with E-state index in [-0.39, 0.29) is 10.6 Å². The van der Waals surface area contributed by atoms with E-state index < -0.39 is 0 Å². The molecule has 5 nitrogen and oxygen atoms in total. The van der Waals surface area contributed by atoms with Crippen LogP contribution in [0.15, 0.2) is 18.2 Å². The maximum atomic E-state index is 10.9. The number of nitro groups is 1. The predicted molar refractivity (Wildman–Crippen MR) is 69.5 cm³/mol. The second-order valence-corrected chi connectivity index (χ2v) is 4.36. The zero-order valence-electron chi connectivity index (χ0n) is 10.6. The normalized spacial score (nSPS) is 10.6. The molecule has 94 valence electrons. The van der Waals surface area contributed by atoms with Gasteiger partial charge in [-0.15, -0.1) is 0 Å². The smallest absolute Gasteiger partial charge is 0.292 e. The minimum Gasteiger partial charge on any atom is -0.379 e. The molecule has 0 bridgehead atoms. The molecule has 0 amide bonds. The molecular weight excluding hydrogens is 218 g/mol. The molecule has 0 heterocycles. The van der Waals surface area contributed by atoms with Crippen molar-refractivity contribution in [2.45, 2.75) is 13.3 Å². The summed E-state index contributed by atoms with van der Waals surface area (Å²) in [5.74, 6) is 0. The monoisotopic (exact) mass is 237 g/mol. The van der Waals surface area contributed by atoms with Crippen molar-refractivity contribution in [1.29, 1.82) is 0 Å². The van der Waals surface area contributed by atoms with E-state index in [1.54, 1.807) is 12.1 Å². The van der Waals surface area contributed by atoms with Crippen molar-refractivity contribution < 1.29 is 4.92 Å². The molecule has 1 N–H and O–H groups in total. The number of nitro benzene ring substituents is 1. The Morgan fingerprint density at radius 1 is 1.41 bits per heavy atom. The second kappa shape index (κ2) is 6.20. The third-order valence-electron chi connectivity index (χ3n) is 2.45. The average Bonchev–Trinajstić information content (AvgIpc) is 2.25. The standard InChI is InChI=1S/C12H19N3O2/c1-10-5-6-11(12(9-10)15(16)17)13-7-4-8-14(2)3/h5-6,9,13H,4,7-8H2,1-3H3. The van der Waals surface area contributed by atoms with Crippen molar-refractivity contribution in [2.24, 2.45) is 0 Å². The quantitative estimate of drug-likeness (QED) is 0.468. The molecule has 0 saturated carbocycles. The lowest BCUT2D eigenvalue weighted by Gasteiger charge is -2.11. The Bertz CT molecular complexity index is 391. The van der Waals surface area contributed by atoms with Gasteiger partial charge in [0.05, 0.1) is 4.92 Å². The highest BCUT2D eigenvalue weighted by Gasteiger charge is 2.12. The molecular formula is C12H19N3O2. The van der Waals surface area contributed by atoms with Crippen LogP contribution in [0, 0.1) is 17.0 Å². The number of nitrogens with one attached hydrogen (secondary N) is 1. The largest absolute Gasteiger partial charge is 0.379 e. The zero-order chi connectivity index (χ0) is 12.8. The van der Waals surface area contributed by atoms with Crippen LogP contribution in [0.1, 0.15) is 12.0 Å². The van der Waals surface area contributed by atoms with Gasteiger partial charge in [0.2, 0.25) is 0 Å². The van der Waals surface area contributed by atoms with E-state index in [9.17, 15) is 10.1 Å². The molecule has 0 aliphatic carbocycles. The number of rotatable bonds is 6. The number of hydrogen-bond acceptors (Lipinski definition) is 4. The average molecular weight is 237 g/mol. The summed E-state index contributed by atoms with van der Waals surface area (Å²) in [6.45, 7) is 3.55. The molecule has 0 fully saturated rings. The van der Waals surface area contributed by atoms with Gasteiger partial charge in [0.15, 0.2) is 0 Å². The molecule has 17 heavy (non-hydrogen) atoms. The molecule has 1 aromatic rings. The van der Waals surface area contributed by atoms with Crippen LogP contribution in [0.4, 0.5) is 11.4 Å². The molecule has 0 atom stereocenters. The first kappa shape index (κ1) is 13.4. The summed E-state index contributed by atoms with van der Waals surface area (Å²) in [5.41, 5.74) is 1.64. The third-order valence-corrected chi connectivity index (χ3v) is 2.45. The molecule has 1 aromatic carbocycles. The van der Waals surface area contributed by atoms with Gasteiger partial charge in [0.1, 0.15) is 5.69 Å². The van der Waals surface area contributed by atoms with Crippen LogP contribution in [0.2, 0.25) is 0 Å². The van der Waals surface area contributed by atoms with E-state index in [0.717, 1.165) is 25.1 Å². The predicted octanol–water partition coefficient (Wildman–Crippen LogP) is 2.27. The second-order valence-electron chi connectivity index (χ2n) is 4.36. The van der Waals surface area contributed by atoms with Gasteiger partial charge in [0, 0.05) is 12.6 Å². The molecule has 5 heteroatoms. The Morgan fingerprint density at radius 2 is 2.12 bits per heavy atom. The minimum atomic E-state index is -0.346. The fraction of sp³-hybridized carbons (Fsp3) is 0.500. The summed E-state index contributed by atoms with van der Waals surface area (Å²) in [5, 5.41) is 14.0. The minimum absolute atomic E-state index is 0.148. The maximum absolute atomic E-state index is 10.9. The van der Waals surface area contributed by atoms with Gasteiger partial charge in [-0.25, -0.2) is 0 Å². The molecule has 0 aliphatic heterocycles. The highest BCUT2D eigenvalue weighted by molar-refractivity contribution is 5.62. The van der Waals surface area contributed by atoms with Crippen LogP contribution in [0.5, 0.6) is 0 Å². The van der Waals surface area contributed by atoms with Crippen LogP contribution in [-0.2, 0) is 0 Å². The number of hydrogen-bond donors (Lipinski definition) is 1. The molecule has 0 saturated heterocycles.